The van der Waals surface area contributed by atoms with Crippen molar-refractivity contribution in [1.82, 2.24) is 4.98 Å². The number of para-hydroxylation sites is 1. The number of aromatic nitrogens is 1. The van der Waals surface area contributed by atoms with Crippen molar-refractivity contribution in [3.8, 4) is 0 Å². The minimum Gasteiger partial charge on any atom is -0.355 e. The van der Waals surface area contributed by atoms with Crippen LogP contribution in [0.3, 0.4) is 0 Å². The van der Waals surface area contributed by atoms with Gasteiger partial charge in [-0.25, -0.2) is 0 Å². The first-order valence-electron chi connectivity index (χ1n) is 6.39. The molecule has 0 aliphatic rings. The van der Waals surface area contributed by atoms with E-state index in [9.17, 15) is 0 Å². The van der Waals surface area contributed by atoms with Crippen molar-refractivity contribution in [1.29, 1.82) is 0 Å². The van der Waals surface area contributed by atoms with Crippen molar-refractivity contribution in [2.24, 2.45) is 0 Å². The number of allylic oxidation sites excluding steroid dienone is 3. The highest BCUT2D eigenvalue weighted by Crippen LogP contribution is 2.24. The predicted octanol–water partition coefficient (Wildman–Crippen LogP) is 5.43. The van der Waals surface area contributed by atoms with Gasteiger partial charge >= 0.3 is 0 Å². The zero-order valence-electron chi connectivity index (χ0n) is 11.4. The molecule has 0 saturated heterocycles. The first kappa shape index (κ1) is 14.0. The van der Waals surface area contributed by atoms with Crippen molar-refractivity contribution in [2.75, 3.05) is 0 Å². The third-order valence-corrected chi connectivity index (χ3v) is 2.51. The minimum atomic E-state index is 1.12. The van der Waals surface area contributed by atoms with Crippen molar-refractivity contribution >= 4 is 23.1 Å². The summed E-state index contributed by atoms with van der Waals surface area (Å²) < 4.78 is 0. The van der Waals surface area contributed by atoms with Crippen molar-refractivity contribution in [3.05, 3.63) is 60.3 Å². The average Bonchev–Trinajstić information content (AvgIpc) is 2.78. The van der Waals surface area contributed by atoms with Gasteiger partial charge < -0.3 is 4.98 Å². The van der Waals surface area contributed by atoms with Gasteiger partial charge in [-0.3, -0.25) is 0 Å². The fourth-order valence-corrected chi connectivity index (χ4v) is 1.83. The molecule has 1 heterocycles. The number of nitrogens with one attached hydrogen (secondary N) is 1. The van der Waals surface area contributed by atoms with E-state index in [-0.39, 0.29) is 0 Å². The Morgan fingerprint density at radius 3 is 2.50 bits per heavy atom. The van der Waals surface area contributed by atoms with E-state index in [1.807, 2.05) is 39.0 Å². The molecule has 94 valence electrons. The first-order chi connectivity index (χ1) is 8.86. The molecule has 2 aromatic rings. The van der Waals surface area contributed by atoms with Crippen molar-refractivity contribution in [3.63, 3.8) is 0 Å². The van der Waals surface area contributed by atoms with E-state index in [1.54, 1.807) is 6.08 Å². The molecule has 1 aromatic carbocycles. The van der Waals surface area contributed by atoms with Gasteiger partial charge in [-0.2, -0.15) is 0 Å². The Morgan fingerprint density at radius 2 is 1.83 bits per heavy atom. The predicted molar refractivity (Wildman–Crippen MR) is 83.6 cm³/mol. The molecular formula is C17H21N. The molecule has 0 unspecified atom stereocenters. The third kappa shape index (κ3) is 3.01. The Hall–Kier alpha value is -2.02. The van der Waals surface area contributed by atoms with Gasteiger partial charge in [0.05, 0.1) is 0 Å². The van der Waals surface area contributed by atoms with Gasteiger partial charge in [-0.05, 0) is 19.1 Å². The second-order valence-corrected chi connectivity index (χ2v) is 3.59. The Labute approximate surface area is 110 Å². The van der Waals surface area contributed by atoms with Crippen LogP contribution in [0.1, 0.15) is 32.0 Å². The van der Waals surface area contributed by atoms with Gasteiger partial charge in [0.2, 0.25) is 0 Å². The van der Waals surface area contributed by atoms with E-state index in [0.29, 0.717) is 0 Å². The van der Waals surface area contributed by atoms with Crippen LogP contribution in [0.4, 0.5) is 0 Å². The first-order valence-corrected chi connectivity index (χ1v) is 6.39. The maximum atomic E-state index is 3.69. The van der Waals surface area contributed by atoms with Crippen molar-refractivity contribution < 1.29 is 0 Å². The summed E-state index contributed by atoms with van der Waals surface area (Å²) in [6.07, 6.45) is 9.95. The summed E-state index contributed by atoms with van der Waals surface area (Å²) >= 11 is 0. The fraction of sp³-hybridized carbons (Fsp3) is 0.176. The lowest BCUT2D eigenvalue weighted by Crippen LogP contribution is -1.74. The van der Waals surface area contributed by atoms with Crippen LogP contribution in [0.25, 0.3) is 23.1 Å². The Bertz CT molecular complexity index is 556. The maximum Gasteiger partial charge on any atom is 0.0464 e. The van der Waals surface area contributed by atoms with Crippen LogP contribution >= 0.6 is 0 Å². The molecule has 0 bridgehead atoms. The lowest BCUT2D eigenvalue weighted by molar-refractivity contribution is 1.42. The molecule has 1 N–H and O–H groups in total. The molecule has 0 aliphatic heterocycles. The molecule has 1 heteroatoms. The number of H-pyrrole nitrogens is 1. The van der Waals surface area contributed by atoms with Gasteiger partial charge in [-0.1, -0.05) is 62.9 Å². The van der Waals surface area contributed by atoms with E-state index in [0.717, 1.165) is 5.69 Å². The molecule has 0 aliphatic carbocycles. The van der Waals surface area contributed by atoms with Crippen LogP contribution in [0.5, 0.6) is 0 Å². The van der Waals surface area contributed by atoms with Gasteiger partial charge in [0, 0.05) is 22.2 Å². The lowest BCUT2D eigenvalue weighted by atomic mass is 10.1. The minimum absolute atomic E-state index is 1.12. The summed E-state index contributed by atoms with van der Waals surface area (Å²) in [4.78, 5) is 3.40. The van der Waals surface area contributed by atoms with Crippen LogP contribution in [0, 0.1) is 0 Å². The zero-order chi connectivity index (χ0) is 13.4. The highest BCUT2D eigenvalue weighted by atomic mass is 14.7. The number of fused-ring (bicyclic) bond motifs is 1. The second-order valence-electron chi connectivity index (χ2n) is 3.59. The standard InChI is InChI=1S/C15H15N.C2H6/c1-3-5-10-14-12(8-4-2)13-9-6-7-11-15(13)16-14;1-2/h3-11,16H,1H2,2H3;1-2H3/b8-4-,10-5-;. The highest BCUT2D eigenvalue weighted by Gasteiger charge is 2.05. The summed E-state index contributed by atoms with van der Waals surface area (Å²) in [6.45, 7) is 9.72. The van der Waals surface area contributed by atoms with E-state index >= 15 is 0 Å². The third-order valence-electron chi connectivity index (χ3n) is 2.51. The number of hydrogen-bond donors (Lipinski definition) is 1. The summed E-state index contributed by atoms with van der Waals surface area (Å²) in [7, 11) is 0. The number of aromatic amines is 1. The monoisotopic (exact) mass is 239 g/mol. The van der Waals surface area contributed by atoms with Gasteiger partial charge in [0.25, 0.3) is 0 Å². The van der Waals surface area contributed by atoms with E-state index in [2.05, 4.69) is 41.9 Å². The van der Waals surface area contributed by atoms with Crippen LogP contribution in [-0.4, -0.2) is 4.98 Å². The molecule has 0 radical (unpaired) electrons. The smallest absolute Gasteiger partial charge is 0.0464 e. The Kier molecular flexibility index (Phi) is 5.72. The normalized spacial score (nSPS) is 10.8. The second kappa shape index (κ2) is 7.33. The van der Waals surface area contributed by atoms with Crippen LogP contribution in [0.15, 0.2) is 49.1 Å². The van der Waals surface area contributed by atoms with E-state index < -0.39 is 0 Å². The topological polar surface area (TPSA) is 15.8 Å². The molecule has 0 atom stereocenters. The Balaban J connectivity index is 0.000000771. The van der Waals surface area contributed by atoms with Crippen LogP contribution in [0.2, 0.25) is 0 Å². The lowest BCUT2D eigenvalue weighted by Gasteiger charge is -1.92. The van der Waals surface area contributed by atoms with Gasteiger partial charge in [0.1, 0.15) is 0 Å². The number of benzene rings is 1. The largest absolute Gasteiger partial charge is 0.355 e. The summed E-state index contributed by atoms with van der Waals surface area (Å²) in [5.74, 6) is 0. The number of hydrogen-bond acceptors (Lipinski definition) is 0. The average molecular weight is 239 g/mol. The summed E-state index contributed by atoms with van der Waals surface area (Å²) in [5, 5.41) is 1.25. The van der Waals surface area contributed by atoms with Gasteiger partial charge in [-0.15, -0.1) is 0 Å². The molecule has 0 amide bonds. The van der Waals surface area contributed by atoms with Gasteiger partial charge in [0.15, 0.2) is 0 Å². The molecular weight excluding hydrogens is 218 g/mol. The SMILES string of the molecule is C=C/C=C\c1[nH]c2ccccc2c1/C=C\C.CC. The molecule has 2 rings (SSSR count). The molecule has 1 nitrogen and oxygen atoms in total. The fourth-order valence-electron chi connectivity index (χ4n) is 1.83. The maximum absolute atomic E-state index is 3.69. The van der Waals surface area contributed by atoms with Crippen LogP contribution in [-0.2, 0) is 0 Å². The molecule has 1 aromatic heterocycles. The molecule has 0 fully saturated rings. The van der Waals surface area contributed by atoms with E-state index in [4.69, 9.17) is 0 Å². The van der Waals surface area contributed by atoms with Crippen molar-refractivity contribution in [2.45, 2.75) is 20.8 Å². The quantitative estimate of drug-likeness (QED) is 0.688. The Morgan fingerprint density at radius 1 is 1.11 bits per heavy atom. The van der Waals surface area contributed by atoms with E-state index in [1.165, 1.54) is 16.5 Å². The number of rotatable bonds is 3. The molecule has 0 spiro atoms. The highest BCUT2D eigenvalue weighted by molar-refractivity contribution is 5.93. The summed E-state index contributed by atoms with van der Waals surface area (Å²) in [6, 6.07) is 8.32. The molecule has 18 heavy (non-hydrogen) atoms. The molecule has 0 saturated carbocycles. The van der Waals surface area contributed by atoms with Crippen LogP contribution < -0.4 is 0 Å². The zero-order valence-corrected chi connectivity index (χ0v) is 11.4. The summed E-state index contributed by atoms with van der Waals surface area (Å²) in [5.41, 5.74) is 3.52.